The third-order valence-electron chi connectivity index (χ3n) is 5.73. The molecule has 0 aliphatic heterocycles. The van der Waals surface area contributed by atoms with Crippen molar-refractivity contribution in [2.45, 2.75) is 45.2 Å². The molecule has 2 amide bonds. The molecule has 0 atom stereocenters. The van der Waals surface area contributed by atoms with E-state index in [-0.39, 0.29) is 25.7 Å². The molecule has 3 aromatic rings. The molecular formula is C27H26F6N2O2S. The fraction of sp³-hybridized carbons (Fsp3) is 0.333. The molecule has 11 heteroatoms. The fourth-order valence-electron chi connectivity index (χ4n) is 3.75. The van der Waals surface area contributed by atoms with Gasteiger partial charge in [0.1, 0.15) is 6.54 Å². The van der Waals surface area contributed by atoms with Crippen molar-refractivity contribution in [1.82, 2.24) is 9.80 Å². The van der Waals surface area contributed by atoms with E-state index in [2.05, 4.69) is 0 Å². The Balaban J connectivity index is 1.92. The number of hydrogen-bond donors (Lipinski definition) is 0. The van der Waals surface area contributed by atoms with Gasteiger partial charge in [-0.15, -0.1) is 11.3 Å². The SMILES string of the molecule is CCCCN(CC(=O)N(Cc1ccccc1)Cc1cccs1)C(=O)c1cc(C(F)(F)F)cc(C(F)(F)F)c1. The van der Waals surface area contributed by atoms with Crippen LogP contribution in [-0.2, 0) is 30.2 Å². The maximum atomic E-state index is 13.4. The van der Waals surface area contributed by atoms with Crippen LogP contribution in [-0.4, -0.2) is 34.7 Å². The molecule has 204 valence electrons. The number of unbranched alkanes of at least 4 members (excludes halogenated alkanes) is 1. The van der Waals surface area contributed by atoms with Crippen molar-refractivity contribution >= 4 is 23.2 Å². The lowest BCUT2D eigenvalue weighted by molar-refractivity contribution is -0.143. The van der Waals surface area contributed by atoms with Gasteiger partial charge in [0.05, 0.1) is 17.7 Å². The van der Waals surface area contributed by atoms with E-state index in [1.165, 1.54) is 16.2 Å². The summed E-state index contributed by atoms with van der Waals surface area (Å²) < 4.78 is 80.1. The van der Waals surface area contributed by atoms with E-state index in [0.29, 0.717) is 25.0 Å². The Labute approximate surface area is 220 Å². The highest BCUT2D eigenvalue weighted by Gasteiger charge is 2.38. The van der Waals surface area contributed by atoms with Crippen LogP contribution in [0.1, 0.15) is 51.7 Å². The molecule has 3 rings (SSSR count). The predicted molar refractivity (Wildman–Crippen MR) is 132 cm³/mol. The maximum absolute atomic E-state index is 13.4. The molecule has 2 aromatic carbocycles. The predicted octanol–water partition coefficient (Wildman–Crippen LogP) is 7.26. The van der Waals surface area contributed by atoms with Crippen molar-refractivity contribution in [3.8, 4) is 0 Å². The minimum absolute atomic E-state index is 0.00313. The molecule has 0 fully saturated rings. The van der Waals surface area contributed by atoms with Gasteiger partial charge in [-0.1, -0.05) is 49.7 Å². The topological polar surface area (TPSA) is 40.6 Å². The number of halogens is 6. The highest BCUT2D eigenvalue weighted by molar-refractivity contribution is 7.09. The Morgan fingerprint density at radius 1 is 0.816 bits per heavy atom. The second-order valence-electron chi connectivity index (χ2n) is 8.69. The van der Waals surface area contributed by atoms with Crippen molar-refractivity contribution in [3.63, 3.8) is 0 Å². The first-order valence-corrected chi connectivity index (χ1v) is 12.7. The van der Waals surface area contributed by atoms with E-state index in [9.17, 15) is 35.9 Å². The summed E-state index contributed by atoms with van der Waals surface area (Å²) in [5.74, 6) is -1.55. The van der Waals surface area contributed by atoms with Gasteiger partial charge in [0.15, 0.2) is 0 Å². The molecule has 0 bridgehead atoms. The zero-order valence-corrected chi connectivity index (χ0v) is 21.3. The van der Waals surface area contributed by atoms with Crippen molar-refractivity contribution < 1.29 is 35.9 Å². The summed E-state index contributed by atoms with van der Waals surface area (Å²) in [7, 11) is 0. The van der Waals surface area contributed by atoms with Gasteiger partial charge in [-0.2, -0.15) is 26.3 Å². The highest BCUT2D eigenvalue weighted by Crippen LogP contribution is 2.36. The largest absolute Gasteiger partial charge is 0.416 e. The van der Waals surface area contributed by atoms with Crippen LogP contribution in [0, 0.1) is 0 Å². The number of carbonyl (C=O) groups is 2. The summed E-state index contributed by atoms with van der Waals surface area (Å²) in [4.78, 5) is 30.1. The first kappa shape index (κ1) is 29.2. The zero-order valence-electron chi connectivity index (χ0n) is 20.5. The van der Waals surface area contributed by atoms with Crippen LogP contribution >= 0.6 is 11.3 Å². The van der Waals surface area contributed by atoms with Crippen LogP contribution in [0.4, 0.5) is 26.3 Å². The van der Waals surface area contributed by atoms with Crippen LogP contribution in [0.15, 0.2) is 66.0 Å². The Morgan fingerprint density at radius 3 is 1.97 bits per heavy atom. The van der Waals surface area contributed by atoms with Crippen LogP contribution in [0.25, 0.3) is 0 Å². The van der Waals surface area contributed by atoms with E-state index in [4.69, 9.17) is 0 Å². The van der Waals surface area contributed by atoms with Gasteiger partial charge in [-0.25, -0.2) is 0 Å². The van der Waals surface area contributed by atoms with E-state index in [1.807, 2.05) is 54.8 Å². The first-order chi connectivity index (χ1) is 17.9. The zero-order chi connectivity index (χ0) is 27.9. The normalized spacial score (nSPS) is 11.9. The van der Waals surface area contributed by atoms with Crippen molar-refractivity contribution in [3.05, 3.63) is 93.2 Å². The second kappa shape index (κ2) is 12.5. The molecule has 38 heavy (non-hydrogen) atoms. The monoisotopic (exact) mass is 556 g/mol. The summed E-state index contributed by atoms with van der Waals surface area (Å²) in [5, 5.41) is 1.85. The molecular weight excluding hydrogens is 530 g/mol. The number of hydrogen-bond acceptors (Lipinski definition) is 3. The number of nitrogens with zero attached hydrogens (tertiary/aromatic N) is 2. The summed E-state index contributed by atoms with van der Waals surface area (Å²) in [6.07, 6.45) is -9.17. The van der Waals surface area contributed by atoms with Crippen molar-refractivity contribution in [2.24, 2.45) is 0 Å². The number of amides is 2. The fourth-order valence-corrected chi connectivity index (χ4v) is 4.47. The van der Waals surface area contributed by atoms with Gasteiger partial charge in [0, 0.05) is 23.5 Å². The molecule has 0 spiro atoms. The molecule has 4 nitrogen and oxygen atoms in total. The molecule has 0 saturated heterocycles. The summed E-state index contributed by atoms with van der Waals surface area (Å²) in [6, 6.07) is 13.5. The van der Waals surface area contributed by atoms with Crippen LogP contribution < -0.4 is 0 Å². The van der Waals surface area contributed by atoms with Crippen LogP contribution in [0.3, 0.4) is 0 Å². The van der Waals surface area contributed by atoms with Gasteiger partial charge in [0.2, 0.25) is 5.91 Å². The highest BCUT2D eigenvalue weighted by atomic mass is 32.1. The minimum Gasteiger partial charge on any atom is -0.332 e. The molecule has 1 aromatic heterocycles. The van der Waals surface area contributed by atoms with Crippen molar-refractivity contribution in [1.29, 1.82) is 0 Å². The average molecular weight is 557 g/mol. The van der Waals surface area contributed by atoms with Crippen LogP contribution in [0.2, 0.25) is 0 Å². The van der Waals surface area contributed by atoms with E-state index in [1.54, 1.807) is 0 Å². The second-order valence-corrected chi connectivity index (χ2v) is 9.72. The maximum Gasteiger partial charge on any atom is 0.416 e. The van der Waals surface area contributed by atoms with Crippen molar-refractivity contribution in [2.75, 3.05) is 13.1 Å². The number of rotatable bonds is 10. The van der Waals surface area contributed by atoms with E-state index in [0.717, 1.165) is 15.3 Å². The standard InChI is InChI=1S/C27H26F6N2O2S/c1-2-3-11-34(25(37)20-13-21(26(28,29)30)15-22(14-20)27(31,32)33)18-24(36)35(17-23-10-7-12-38-23)16-19-8-5-4-6-9-19/h4-10,12-15H,2-3,11,16-18H2,1H3. The summed E-state index contributed by atoms with van der Waals surface area (Å²) in [5.41, 5.74) is -3.11. The number of alkyl halides is 6. The number of carbonyl (C=O) groups excluding carboxylic acids is 2. The molecule has 0 unspecified atom stereocenters. The Hall–Kier alpha value is -3.34. The lowest BCUT2D eigenvalue weighted by Crippen LogP contribution is -2.43. The third kappa shape index (κ3) is 8.08. The molecule has 0 saturated carbocycles. The Kier molecular flexibility index (Phi) is 9.59. The smallest absolute Gasteiger partial charge is 0.332 e. The molecule has 0 N–H and O–H groups in total. The van der Waals surface area contributed by atoms with Gasteiger partial charge in [0.25, 0.3) is 5.91 Å². The van der Waals surface area contributed by atoms with Gasteiger partial charge in [-0.3, -0.25) is 9.59 Å². The Bertz CT molecular complexity index is 1180. The summed E-state index contributed by atoms with van der Waals surface area (Å²) >= 11 is 1.44. The van der Waals surface area contributed by atoms with Crippen LogP contribution in [0.5, 0.6) is 0 Å². The summed E-state index contributed by atoms with van der Waals surface area (Å²) in [6.45, 7) is 1.78. The quantitative estimate of drug-likeness (QED) is 0.247. The van der Waals surface area contributed by atoms with E-state index < -0.39 is 47.4 Å². The van der Waals surface area contributed by atoms with E-state index >= 15 is 0 Å². The lowest BCUT2D eigenvalue weighted by atomic mass is 10.0. The molecule has 1 heterocycles. The van der Waals surface area contributed by atoms with Gasteiger partial charge in [-0.05, 0) is 41.6 Å². The third-order valence-corrected chi connectivity index (χ3v) is 6.59. The lowest BCUT2D eigenvalue weighted by Gasteiger charge is -2.28. The first-order valence-electron chi connectivity index (χ1n) is 11.8. The molecule has 0 radical (unpaired) electrons. The number of benzene rings is 2. The molecule has 0 aliphatic carbocycles. The average Bonchev–Trinajstić information content (AvgIpc) is 3.38. The van der Waals surface area contributed by atoms with Gasteiger partial charge < -0.3 is 9.80 Å². The molecule has 0 aliphatic rings. The Morgan fingerprint density at radius 2 is 1.45 bits per heavy atom. The minimum atomic E-state index is -5.09. The van der Waals surface area contributed by atoms with Gasteiger partial charge >= 0.3 is 12.4 Å². The number of thiophene rings is 1.